The number of rotatable bonds is 6. The summed E-state index contributed by atoms with van der Waals surface area (Å²) < 4.78 is 0. The Morgan fingerprint density at radius 1 is 0.950 bits per heavy atom. The normalized spacial score (nSPS) is 10.3. The van der Waals surface area contributed by atoms with Crippen molar-refractivity contribution in [3.63, 3.8) is 0 Å². The molecule has 20 heavy (non-hydrogen) atoms. The summed E-state index contributed by atoms with van der Waals surface area (Å²) in [6.07, 6.45) is 0. The third-order valence-electron chi connectivity index (χ3n) is 3.53. The molecule has 0 heterocycles. The van der Waals surface area contributed by atoms with E-state index in [9.17, 15) is 0 Å². The van der Waals surface area contributed by atoms with Gasteiger partial charge in [0.05, 0.1) is 0 Å². The highest BCUT2D eigenvalue weighted by Crippen LogP contribution is 2.19. The van der Waals surface area contributed by atoms with E-state index < -0.39 is 0 Å². The van der Waals surface area contributed by atoms with Crippen LogP contribution in [0.3, 0.4) is 0 Å². The van der Waals surface area contributed by atoms with Crippen LogP contribution in [-0.4, -0.2) is 13.1 Å². The molecule has 3 heteroatoms. The number of hydrogen-bond acceptors (Lipinski definition) is 3. The molecule has 3 N–H and O–H groups in total. The Hall–Kier alpha value is -2.16. The van der Waals surface area contributed by atoms with Crippen LogP contribution in [0.1, 0.15) is 19.4 Å². The maximum atomic E-state index is 5.94. The lowest BCUT2D eigenvalue weighted by Gasteiger charge is -2.21. The molecule has 2 aromatic carbocycles. The van der Waals surface area contributed by atoms with Gasteiger partial charge in [-0.1, -0.05) is 18.2 Å². The second kappa shape index (κ2) is 6.85. The summed E-state index contributed by atoms with van der Waals surface area (Å²) >= 11 is 0. The molecule has 0 aliphatic rings. The van der Waals surface area contributed by atoms with Crippen molar-refractivity contribution in [2.45, 2.75) is 20.4 Å². The quantitative estimate of drug-likeness (QED) is 0.785. The van der Waals surface area contributed by atoms with Crippen molar-refractivity contribution in [1.29, 1.82) is 0 Å². The van der Waals surface area contributed by atoms with Crippen molar-refractivity contribution in [3.8, 4) is 0 Å². The minimum Gasteiger partial charge on any atom is -0.398 e. The van der Waals surface area contributed by atoms with Gasteiger partial charge in [0.1, 0.15) is 0 Å². The third kappa shape index (κ3) is 3.44. The minimum atomic E-state index is 0.747. The zero-order valence-electron chi connectivity index (χ0n) is 12.3. The maximum absolute atomic E-state index is 5.94. The average Bonchev–Trinajstić information content (AvgIpc) is 2.49. The van der Waals surface area contributed by atoms with Crippen LogP contribution in [0.4, 0.5) is 17.1 Å². The first kappa shape index (κ1) is 14.3. The number of nitrogens with two attached hydrogens (primary N) is 1. The van der Waals surface area contributed by atoms with Crippen molar-refractivity contribution in [3.05, 3.63) is 54.1 Å². The molecular formula is C17H23N3. The largest absolute Gasteiger partial charge is 0.398 e. The first-order chi connectivity index (χ1) is 9.74. The highest BCUT2D eigenvalue weighted by Gasteiger charge is 2.02. The molecule has 0 aliphatic carbocycles. The van der Waals surface area contributed by atoms with Gasteiger partial charge in [-0.05, 0) is 49.7 Å². The topological polar surface area (TPSA) is 41.3 Å². The van der Waals surface area contributed by atoms with Gasteiger partial charge in [0.2, 0.25) is 0 Å². The summed E-state index contributed by atoms with van der Waals surface area (Å²) in [7, 11) is 0. The van der Waals surface area contributed by atoms with E-state index >= 15 is 0 Å². The van der Waals surface area contributed by atoms with Gasteiger partial charge < -0.3 is 16.0 Å². The van der Waals surface area contributed by atoms with E-state index in [-0.39, 0.29) is 0 Å². The fraction of sp³-hybridized carbons (Fsp3) is 0.294. The first-order valence-electron chi connectivity index (χ1n) is 7.16. The minimum absolute atomic E-state index is 0.747. The number of nitrogen functional groups attached to an aromatic ring is 1. The summed E-state index contributed by atoms with van der Waals surface area (Å²) in [6, 6.07) is 16.5. The Kier molecular flexibility index (Phi) is 4.88. The molecule has 0 bridgehead atoms. The summed E-state index contributed by atoms with van der Waals surface area (Å²) in [5.74, 6) is 0. The van der Waals surface area contributed by atoms with Crippen LogP contribution in [-0.2, 0) is 6.54 Å². The van der Waals surface area contributed by atoms with Crippen LogP contribution in [0.15, 0.2) is 48.5 Å². The number of nitrogens with one attached hydrogen (secondary N) is 1. The van der Waals surface area contributed by atoms with E-state index in [2.05, 4.69) is 48.3 Å². The average molecular weight is 269 g/mol. The molecule has 0 spiro atoms. The molecular weight excluding hydrogens is 246 g/mol. The second-order valence-electron chi connectivity index (χ2n) is 4.77. The first-order valence-corrected chi connectivity index (χ1v) is 7.16. The molecule has 0 atom stereocenters. The summed E-state index contributed by atoms with van der Waals surface area (Å²) in [5, 5.41) is 3.41. The van der Waals surface area contributed by atoms with Gasteiger partial charge in [-0.3, -0.25) is 0 Å². The Morgan fingerprint density at radius 2 is 1.60 bits per heavy atom. The molecule has 106 valence electrons. The molecule has 0 saturated carbocycles. The SMILES string of the molecule is CCN(CC)c1ccc(NCc2ccccc2N)cc1. The fourth-order valence-corrected chi connectivity index (χ4v) is 2.27. The van der Waals surface area contributed by atoms with Crippen molar-refractivity contribution in [2.24, 2.45) is 0 Å². The van der Waals surface area contributed by atoms with Gasteiger partial charge in [0.25, 0.3) is 0 Å². The van der Waals surface area contributed by atoms with Gasteiger partial charge in [-0.25, -0.2) is 0 Å². The highest BCUT2D eigenvalue weighted by atomic mass is 15.1. The van der Waals surface area contributed by atoms with E-state index in [1.807, 2.05) is 24.3 Å². The molecule has 0 saturated heterocycles. The van der Waals surface area contributed by atoms with Crippen molar-refractivity contribution < 1.29 is 0 Å². The van der Waals surface area contributed by atoms with Crippen LogP contribution >= 0.6 is 0 Å². The van der Waals surface area contributed by atoms with E-state index in [1.54, 1.807) is 0 Å². The molecule has 0 amide bonds. The molecule has 2 aromatic rings. The predicted molar refractivity (Wildman–Crippen MR) is 88.2 cm³/mol. The van der Waals surface area contributed by atoms with Crippen LogP contribution < -0.4 is 16.0 Å². The van der Waals surface area contributed by atoms with Crippen molar-refractivity contribution >= 4 is 17.1 Å². The Balaban J connectivity index is 1.99. The van der Waals surface area contributed by atoms with Crippen LogP contribution in [0.25, 0.3) is 0 Å². The summed E-state index contributed by atoms with van der Waals surface area (Å²) in [6.45, 7) is 7.16. The maximum Gasteiger partial charge on any atom is 0.0421 e. The molecule has 0 radical (unpaired) electrons. The lowest BCUT2D eigenvalue weighted by atomic mass is 10.2. The Morgan fingerprint density at radius 3 is 2.20 bits per heavy atom. The van der Waals surface area contributed by atoms with Crippen molar-refractivity contribution in [1.82, 2.24) is 0 Å². The lowest BCUT2D eigenvalue weighted by Crippen LogP contribution is -2.21. The molecule has 0 fully saturated rings. The lowest BCUT2D eigenvalue weighted by molar-refractivity contribution is 0.866. The van der Waals surface area contributed by atoms with Gasteiger partial charge in [-0.2, -0.15) is 0 Å². The standard InChI is InChI=1S/C17H23N3/c1-3-20(4-2)16-11-9-15(10-12-16)19-13-14-7-5-6-8-17(14)18/h5-12,19H,3-4,13,18H2,1-2H3. The summed E-state index contributed by atoms with van der Waals surface area (Å²) in [4.78, 5) is 2.33. The molecule has 0 aliphatic heterocycles. The van der Waals surface area contributed by atoms with Crippen LogP contribution in [0.5, 0.6) is 0 Å². The van der Waals surface area contributed by atoms with Crippen LogP contribution in [0.2, 0.25) is 0 Å². The zero-order valence-corrected chi connectivity index (χ0v) is 12.3. The number of benzene rings is 2. The van der Waals surface area contributed by atoms with Gasteiger partial charge in [0, 0.05) is 36.7 Å². The van der Waals surface area contributed by atoms with E-state index in [0.717, 1.165) is 36.6 Å². The fourth-order valence-electron chi connectivity index (χ4n) is 2.27. The Bertz CT molecular complexity index is 530. The number of para-hydroxylation sites is 1. The number of nitrogens with zero attached hydrogens (tertiary/aromatic N) is 1. The van der Waals surface area contributed by atoms with Gasteiger partial charge >= 0.3 is 0 Å². The smallest absolute Gasteiger partial charge is 0.0421 e. The van der Waals surface area contributed by atoms with Crippen molar-refractivity contribution in [2.75, 3.05) is 29.0 Å². The van der Waals surface area contributed by atoms with Gasteiger partial charge in [-0.15, -0.1) is 0 Å². The second-order valence-corrected chi connectivity index (χ2v) is 4.77. The Labute approximate surface area is 121 Å². The monoisotopic (exact) mass is 269 g/mol. The number of anilines is 3. The van der Waals surface area contributed by atoms with Gasteiger partial charge in [0.15, 0.2) is 0 Å². The summed E-state index contributed by atoms with van der Waals surface area (Å²) in [5.41, 5.74) is 10.3. The number of hydrogen-bond donors (Lipinski definition) is 2. The van der Waals surface area contributed by atoms with E-state index in [0.29, 0.717) is 0 Å². The van der Waals surface area contributed by atoms with E-state index in [1.165, 1.54) is 5.69 Å². The molecule has 0 aromatic heterocycles. The molecule has 2 rings (SSSR count). The van der Waals surface area contributed by atoms with E-state index in [4.69, 9.17) is 5.73 Å². The molecule has 0 unspecified atom stereocenters. The molecule has 3 nitrogen and oxygen atoms in total. The predicted octanol–water partition coefficient (Wildman–Crippen LogP) is 3.73. The highest BCUT2D eigenvalue weighted by molar-refractivity contribution is 5.56. The van der Waals surface area contributed by atoms with Crippen LogP contribution in [0, 0.1) is 0 Å². The third-order valence-corrected chi connectivity index (χ3v) is 3.53. The zero-order chi connectivity index (χ0) is 14.4.